The Balaban J connectivity index is 2.47. The van der Waals surface area contributed by atoms with Gasteiger partial charge in [-0.2, -0.15) is 0 Å². The number of pyridine rings is 1. The highest BCUT2D eigenvalue weighted by Crippen LogP contribution is 2.20. The molecular formula is C11H14ClN3O3. The molecule has 0 aliphatic rings. The molecule has 0 amide bonds. The van der Waals surface area contributed by atoms with Crippen LogP contribution in [0, 0.1) is 10.1 Å². The van der Waals surface area contributed by atoms with Gasteiger partial charge < -0.3 is 10.1 Å². The van der Waals surface area contributed by atoms with Gasteiger partial charge >= 0.3 is 0 Å². The van der Waals surface area contributed by atoms with E-state index in [-0.39, 0.29) is 10.8 Å². The van der Waals surface area contributed by atoms with E-state index < -0.39 is 4.92 Å². The van der Waals surface area contributed by atoms with Gasteiger partial charge in [0.05, 0.1) is 30.3 Å². The standard InChI is InChI=1S/C11H14ClN3O3/c1-8(2)7-18-4-3-13-11-6-9(15(16)17)5-10(12)14-11/h5-6H,1,3-4,7H2,2H3,(H,13,14). The van der Waals surface area contributed by atoms with Gasteiger partial charge in [0.2, 0.25) is 0 Å². The van der Waals surface area contributed by atoms with Crippen molar-refractivity contribution < 1.29 is 9.66 Å². The number of anilines is 1. The summed E-state index contributed by atoms with van der Waals surface area (Å²) in [4.78, 5) is 14.0. The van der Waals surface area contributed by atoms with Gasteiger partial charge in [-0.15, -0.1) is 0 Å². The Labute approximate surface area is 110 Å². The van der Waals surface area contributed by atoms with Crippen LogP contribution in [0.2, 0.25) is 5.15 Å². The van der Waals surface area contributed by atoms with E-state index in [1.165, 1.54) is 12.1 Å². The van der Waals surface area contributed by atoms with Crippen LogP contribution in [-0.2, 0) is 4.74 Å². The van der Waals surface area contributed by atoms with Crippen molar-refractivity contribution in [3.05, 3.63) is 39.6 Å². The quantitative estimate of drug-likeness (QED) is 0.271. The molecule has 0 aromatic carbocycles. The highest BCUT2D eigenvalue weighted by molar-refractivity contribution is 6.29. The lowest BCUT2D eigenvalue weighted by molar-refractivity contribution is -0.384. The largest absolute Gasteiger partial charge is 0.375 e. The number of ether oxygens (including phenoxy) is 1. The molecule has 1 rings (SSSR count). The Morgan fingerprint density at radius 2 is 2.39 bits per heavy atom. The predicted octanol–water partition coefficient (Wildman–Crippen LogP) is 2.65. The van der Waals surface area contributed by atoms with Gasteiger partial charge in [0, 0.05) is 6.54 Å². The van der Waals surface area contributed by atoms with E-state index in [1.54, 1.807) is 0 Å². The fourth-order valence-electron chi connectivity index (χ4n) is 1.18. The lowest BCUT2D eigenvalue weighted by atomic mass is 10.4. The van der Waals surface area contributed by atoms with Crippen LogP contribution in [0.4, 0.5) is 11.5 Å². The summed E-state index contributed by atoms with van der Waals surface area (Å²) in [6.07, 6.45) is 0. The van der Waals surface area contributed by atoms with E-state index in [4.69, 9.17) is 16.3 Å². The molecule has 1 N–H and O–H groups in total. The Hall–Kier alpha value is -1.66. The topological polar surface area (TPSA) is 77.3 Å². The first-order chi connectivity index (χ1) is 8.49. The van der Waals surface area contributed by atoms with Crippen LogP contribution < -0.4 is 5.32 Å². The zero-order valence-corrected chi connectivity index (χ0v) is 10.7. The lowest BCUT2D eigenvalue weighted by Gasteiger charge is -2.06. The zero-order chi connectivity index (χ0) is 13.5. The number of rotatable bonds is 7. The van der Waals surface area contributed by atoms with Crippen LogP contribution in [0.5, 0.6) is 0 Å². The molecule has 0 bridgehead atoms. The minimum Gasteiger partial charge on any atom is -0.375 e. The smallest absolute Gasteiger partial charge is 0.276 e. The van der Waals surface area contributed by atoms with Gasteiger partial charge in [-0.25, -0.2) is 4.98 Å². The van der Waals surface area contributed by atoms with Gasteiger partial charge in [-0.1, -0.05) is 23.8 Å². The van der Waals surface area contributed by atoms with E-state index in [0.717, 1.165) is 5.57 Å². The lowest BCUT2D eigenvalue weighted by Crippen LogP contribution is -2.11. The molecule has 0 radical (unpaired) electrons. The van der Waals surface area contributed by atoms with Gasteiger partial charge in [-0.05, 0) is 6.92 Å². The average Bonchev–Trinajstić information content (AvgIpc) is 2.27. The van der Waals surface area contributed by atoms with Crippen molar-refractivity contribution in [2.45, 2.75) is 6.92 Å². The highest BCUT2D eigenvalue weighted by Gasteiger charge is 2.09. The Morgan fingerprint density at radius 1 is 1.67 bits per heavy atom. The van der Waals surface area contributed by atoms with Crippen molar-refractivity contribution in [1.29, 1.82) is 0 Å². The second-order valence-electron chi connectivity index (χ2n) is 3.73. The number of halogens is 1. The Kier molecular flexibility index (Phi) is 5.54. The molecule has 0 atom stereocenters. The third kappa shape index (κ3) is 5.11. The maximum Gasteiger partial charge on any atom is 0.276 e. The molecule has 1 aromatic rings. The number of hydrogen-bond acceptors (Lipinski definition) is 5. The van der Waals surface area contributed by atoms with Crippen LogP contribution >= 0.6 is 11.6 Å². The fourth-order valence-corrected chi connectivity index (χ4v) is 1.38. The summed E-state index contributed by atoms with van der Waals surface area (Å²) >= 11 is 5.68. The molecule has 0 unspecified atom stereocenters. The van der Waals surface area contributed by atoms with Crippen molar-refractivity contribution in [2.75, 3.05) is 25.1 Å². The molecule has 1 aromatic heterocycles. The summed E-state index contributed by atoms with van der Waals surface area (Å²) in [7, 11) is 0. The maximum atomic E-state index is 10.6. The minimum absolute atomic E-state index is 0.0783. The molecule has 98 valence electrons. The monoisotopic (exact) mass is 271 g/mol. The van der Waals surface area contributed by atoms with Crippen LogP contribution in [0.25, 0.3) is 0 Å². The Bertz CT molecular complexity index is 451. The SMILES string of the molecule is C=C(C)COCCNc1cc([N+](=O)[O-])cc(Cl)n1. The van der Waals surface area contributed by atoms with Crippen molar-refractivity contribution in [2.24, 2.45) is 0 Å². The molecule has 0 spiro atoms. The maximum absolute atomic E-state index is 10.6. The van der Waals surface area contributed by atoms with Gasteiger partial charge in [0.25, 0.3) is 5.69 Å². The van der Waals surface area contributed by atoms with Crippen molar-refractivity contribution in [3.8, 4) is 0 Å². The van der Waals surface area contributed by atoms with Crippen LogP contribution in [0.3, 0.4) is 0 Å². The van der Waals surface area contributed by atoms with E-state index >= 15 is 0 Å². The predicted molar refractivity (Wildman–Crippen MR) is 70.0 cm³/mol. The summed E-state index contributed by atoms with van der Waals surface area (Å²) in [5, 5.41) is 13.6. The molecule has 0 aliphatic heterocycles. The van der Waals surface area contributed by atoms with Crippen molar-refractivity contribution in [1.82, 2.24) is 4.98 Å². The van der Waals surface area contributed by atoms with E-state index in [0.29, 0.717) is 25.6 Å². The second-order valence-corrected chi connectivity index (χ2v) is 4.11. The molecule has 6 nitrogen and oxygen atoms in total. The number of nitrogens with zero attached hydrogens (tertiary/aromatic N) is 2. The number of hydrogen-bond donors (Lipinski definition) is 1. The van der Waals surface area contributed by atoms with E-state index in [1.807, 2.05) is 6.92 Å². The summed E-state index contributed by atoms with van der Waals surface area (Å²) in [5.74, 6) is 0.355. The first kappa shape index (κ1) is 14.4. The van der Waals surface area contributed by atoms with Crippen molar-refractivity contribution >= 4 is 23.1 Å². The number of nitro groups is 1. The van der Waals surface area contributed by atoms with Crippen LogP contribution in [0.15, 0.2) is 24.3 Å². The Morgan fingerprint density at radius 3 is 3.00 bits per heavy atom. The zero-order valence-electron chi connectivity index (χ0n) is 9.98. The van der Waals surface area contributed by atoms with Crippen LogP contribution in [-0.4, -0.2) is 29.7 Å². The third-order valence-corrected chi connectivity index (χ3v) is 2.08. The minimum atomic E-state index is -0.518. The molecule has 0 saturated carbocycles. The molecule has 18 heavy (non-hydrogen) atoms. The van der Waals surface area contributed by atoms with Gasteiger partial charge in [-0.3, -0.25) is 10.1 Å². The fraction of sp³-hybridized carbons (Fsp3) is 0.364. The average molecular weight is 272 g/mol. The summed E-state index contributed by atoms with van der Waals surface area (Å²) in [6, 6.07) is 2.52. The molecular weight excluding hydrogens is 258 g/mol. The van der Waals surface area contributed by atoms with E-state index in [9.17, 15) is 10.1 Å². The van der Waals surface area contributed by atoms with Crippen molar-refractivity contribution in [3.63, 3.8) is 0 Å². The normalized spacial score (nSPS) is 10.1. The van der Waals surface area contributed by atoms with Gasteiger partial charge in [0.15, 0.2) is 0 Å². The molecule has 0 fully saturated rings. The number of aromatic nitrogens is 1. The van der Waals surface area contributed by atoms with Gasteiger partial charge in [0.1, 0.15) is 11.0 Å². The first-order valence-electron chi connectivity index (χ1n) is 5.27. The molecule has 1 heterocycles. The summed E-state index contributed by atoms with van der Waals surface area (Å²) < 4.78 is 5.27. The van der Waals surface area contributed by atoms with Crippen LogP contribution in [0.1, 0.15) is 6.92 Å². The first-order valence-corrected chi connectivity index (χ1v) is 5.65. The third-order valence-electron chi connectivity index (χ3n) is 1.89. The summed E-state index contributed by atoms with van der Waals surface area (Å²) in [5.41, 5.74) is 0.840. The summed E-state index contributed by atoms with van der Waals surface area (Å²) in [6.45, 7) is 7.00. The second kappa shape index (κ2) is 6.93. The number of nitrogens with one attached hydrogen (secondary N) is 1. The molecule has 0 saturated heterocycles. The molecule has 0 aliphatic carbocycles. The van der Waals surface area contributed by atoms with E-state index in [2.05, 4.69) is 16.9 Å². The highest BCUT2D eigenvalue weighted by atomic mass is 35.5. The molecule has 7 heteroatoms.